The lowest BCUT2D eigenvalue weighted by Crippen LogP contribution is -2.42. The summed E-state index contributed by atoms with van der Waals surface area (Å²) in [6.45, 7) is 0. The van der Waals surface area contributed by atoms with Gasteiger partial charge in [0.05, 0.1) is 0 Å². The third-order valence-electron chi connectivity index (χ3n) is 2.06. The van der Waals surface area contributed by atoms with Crippen LogP contribution >= 0.6 is 0 Å². The Morgan fingerprint density at radius 2 is 1.92 bits per heavy atom. The molecule has 0 aromatic rings. The minimum absolute atomic E-state index is 0.155. The average molecular weight is 178 g/mol. The summed E-state index contributed by atoms with van der Waals surface area (Å²) in [5.74, 6) is -2.55. The van der Waals surface area contributed by atoms with E-state index in [1.807, 2.05) is 0 Å². The normalized spacial score (nSPS) is 23.5. The highest BCUT2D eigenvalue weighted by molar-refractivity contribution is 5.71. The molecule has 0 spiro atoms. The first-order valence-electron chi connectivity index (χ1n) is 3.93. The van der Waals surface area contributed by atoms with Crippen LogP contribution in [-0.4, -0.2) is 18.0 Å². The SMILES string of the molecule is NC(=O)NC1CCC(F)(F)CC1. The van der Waals surface area contributed by atoms with Crippen LogP contribution in [-0.2, 0) is 0 Å². The zero-order chi connectivity index (χ0) is 9.19. The van der Waals surface area contributed by atoms with Crippen LogP contribution in [0.5, 0.6) is 0 Å². The summed E-state index contributed by atoms with van der Waals surface area (Å²) < 4.78 is 25.1. The zero-order valence-corrected chi connectivity index (χ0v) is 6.65. The van der Waals surface area contributed by atoms with Crippen molar-refractivity contribution in [2.45, 2.75) is 37.6 Å². The van der Waals surface area contributed by atoms with Crippen molar-refractivity contribution in [3.63, 3.8) is 0 Å². The molecule has 2 amide bonds. The lowest BCUT2D eigenvalue weighted by Gasteiger charge is -2.28. The molecule has 3 N–H and O–H groups in total. The molecule has 3 nitrogen and oxygen atoms in total. The molecule has 0 bridgehead atoms. The van der Waals surface area contributed by atoms with E-state index in [-0.39, 0.29) is 18.9 Å². The monoisotopic (exact) mass is 178 g/mol. The Balaban J connectivity index is 2.31. The highest BCUT2D eigenvalue weighted by atomic mass is 19.3. The molecule has 1 rings (SSSR count). The number of carbonyl (C=O) groups excluding carboxylic acids is 1. The summed E-state index contributed by atoms with van der Waals surface area (Å²) in [5, 5.41) is 2.42. The lowest BCUT2D eigenvalue weighted by atomic mass is 9.92. The number of rotatable bonds is 1. The van der Waals surface area contributed by atoms with Crippen molar-refractivity contribution in [3.05, 3.63) is 0 Å². The molecule has 0 aromatic heterocycles. The number of hydrogen-bond donors (Lipinski definition) is 2. The van der Waals surface area contributed by atoms with Gasteiger partial charge in [0.1, 0.15) is 0 Å². The van der Waals surface area contributed by atoms with Gasteiger partial charge in [-0.05, 0) is 12.8 Å². The van der Waals surface area contributed by atoms with E-state index in [2.05, 4.69) is 5.32 Å². The number of nitrogens with one attached hydrogen (secondary N) is 1. The largest absolute Gasteiger partial charge is 0.352 e. The maximum Gasteiger partial charge on any atom is 0.312 e. The molecule has 1 aliphatic rings. The maximum absolute atomic E-state index is 12.6. The predicted molar refractivity (Wildman–Crippen MR) is 39.9 cm³/mol. The Labute approximate surface area is 69.3 Å². The van der Waals surface area contributed by atoms with Crippen molar-refractivity contribution in [2.75, 3.05) is 0 Å². The minimum atomic E-state index is -2.55. The first kappa shape index (κ1) is 9.22. The maximum atomic E-state index is 12.6. The Hall–Kier alpha value is -0.870. The molecule has 0 aliphatic heterocycles. The van der Waals surface area contributed by atoms with Crippen LogP contribution in [0.1, 0.15) is 25.7 Å². The number of urea groups is 1. The topological polar surface area (TPSA) is 55.1 Å². The molecule has 1 aliphatic carbocycles. The van der Waals surface area contributed by atoms with E-state index in [9.17, 15) is 13.6 Å². The highest BCUT2D eigenvalue weighted by Gasteiger charge is 2.34. The summed E-state index contributed by atoms with van der Waals surface area (Å²) in [6.07, 6.45) is 0.321. The molecule has 12 heavy (non-hydrogen) atoms. The Bertz CT molecular complexity index is 174. The fourth-order valence-electron chi connectivity index (χ4n) is 1.39. The fraction of sp³-hybridized carbons (Fsp3) is 0.857. The third-order valence-corrected chi connectivity index (χ3v) is 2.06. The highest BCUT2D eigenvalue weighted by Crippen LogP contribution is 2.32. The van der Waals surface area contributed by atoms with E-state index >= 15 is 0 Å². The summed E-state index contributed by atoms with van der Waals surface area (Å²) in [4.78, 5) is 10.4. The summed E-state index contributed by atoms with van der Waals surface area (Å²) >= 11 is 0. The molecule has 0 radical (unpaired) electrons. The molecule has 0 unspecified atom stereocenters. The lowest BCUT2D eigenvalue weighted by molar-refractivity contribution is -0.0394. The predicted octanol–water partition coefficient (Wildman–Crippen LogP) is 1.23. The molecule has 1 saturated carbocycles. The molecule has 1 fully saturated rings. The van der Waals surface area contributed by atoms with E-state index in [0.29, 0.717) is 12.8 Å². The second-order valence-electron chi connectivity index (χ2n) is 3.14. The molecule has 0 aromatic carbocycles. The second-order valence-corrected chi connectivity index (χ2v) is 3.14. The van der Waals surface area contributed by atoms with Crippen molar-refractivity contribution in [2.24, 2.45) is 5.73 Å². The summed E-state index contributed by atoms with van der Waals surface area (Å²) in [6, 6.07) is -0.799. The number of amides is 2. The van der Waals surface area contributed by atoms with Crippen molar-refractivity contribution < 1.29 is 13.6 Å². The van der Waals surface area contributed by atoms with Crippen molar-refractivity contribution in [1.29, 1.82) is 0 Å². The van der Waals surface area contributed by atoms with Gasteiger partial charge in [-0.15, -0.1) is 0 Å². The van der Waals surface area contributed by atoms with Crippen LogP contribution in [0, 0.1) is 0 Å². The molecule has 70 valence electrons. The van der Waals surface area contributed by atoms with Crippen LogP contribution in [0.2, 0.25) is 0 Å². The van der Waals surface area contributed by atoms with E-state index < -0.39 is 12.0 Å². The summed E-state index contributed by atoms with van der Waals surface area (Å²) in [5.41, 5.74) is 4.85. The number of hydrogen-bond acceptors (Lipinski definition) is 1. The van der Waals surface area contributed by atoms with E-state index in [1.54, 1.807) is 0 Å². The first-order chi connectivity index (χ1) is 5.49. The minimum Gasteiger partial charge on any atom is -0.352 e. The van der Waals surface area contributed by atoms with Crippen LogP contribution in [0.15, 0.2) is 0 Å². The van der Waals surface area contributed by atoms with Gasteiger partial charge in [0.15, 0.2) is 0 Å². The van der Waals surface area contributed by atoms with Crippen LogP contribution in [0.25, 0.3) is 0 Å². The molecule has 5 heteroatoms. The van der Waals surface area contributed by atoms with Gasteiger partial charge in [-0.1, -0.05) is 0 Å². The Morgan fingerprint density at radius 1 is 1.42 bits per heavy atom. The molecular formula is C7H12F2N2O. The van der Waals surface area contributed by atoms with Crippen molar-refractivity contribution in [1.82, 2.24) is 5.32 Å². The van der Waals surface area contributed by atoms with Gasteiger partial charge < -0.3 is 11.1 Å². The summed E-state index contributed by atoms with van der Waals surface area (Å²) in [7, 11) is 0. The van der Waals surface area contributed by atoms with Crippen LogP contribution in [0.3, 0.4) is 0 Å². The van der Waals surface area contributed by atoms with Gasteiger partial charge >= 0.3 is 6.03 Å². The van der Waals surface area contributed by atoms with Gasteiger partial charge in [-0.3, -0.25) is 0 Å². The van der Waals surface area contributed by atoms with E-state index in [0.717, 1.165) is 0 Å². The van der Waals surface area contributed by atoms with E-state index in [1.165, 1.54) is 0 Å². The quantitative estimate of drug-likeness (QED) is 0.623. The van der Waals surface area contributed by atoms with Gasteiger partial charge in [0, 0.05) is 18.9 Å². The second kappa shape index (κ2) is 3.25. The standard InChI is InChI=1S/C7H12F2N2O/c8-7(9)3-1-5(2-4-7)11-6(10)12/h5H,1-4H2,(H3,10,11,12). The number of primary amides is 1. The number of alkyl halides is 2. The smallest absolute Gasteiger partial charge is 0.312 e. The molecule has 0 saturated heterocycles. The van der Waals surface area contributed by atoms with Gasteiger partial charge in [-0.2, -0.15) is 0 Å². The Morgan fingerprint density at radius 3 is 2.33 bits per heavy atom. The third kappa shape index (κ3) is 2.64. The molecule has 0 atom stereocenters. The zero-order valence-electron chi connectivity index (χ0n) is 6.65. The number of carbonyl (C=O) groups is 1. The van der Waals surface area contributed by atoms with Gasteiger partial charge in [0.25, 0.3) is 0 Å². The first-order valence-corrected chi connectivity index (χ1v) is 3.93. The average Bonchev–Trinajstić information content (AvgIpc) is 1.93. The van der Waals surface area contributed by atoms with Gasteiger partial charge in [-0.25, -0.2) is 13.6 Å². The Kier molecular flexibility index (Phi) is 2.49. The van der Waals surface area contributed by atoms with Crippen molar-refractivity contribution in [3.8, 4) is 0 Å². The van der Waals surface area contributed by atoms with E-state index in [4.69, 9.17) is 5.73 Å². The van der Waals surface area contributed by atoms with Crippen LogP contribution in [0.4, 0.5) is 13.6 Å². The number of halogens is 2. The van der Waals surface area contributed by atoms with Crippen molar-refractivity contribution >= 4 is 6.03 Å². The number of nitrogens with two attached hydrogens (primary N) is 1. The molecule has 0 heterocycles. The van der Waals surface area contributed by atoms with Gasteiger partial charge in [0.2, 0.25) is 5.92 Å². The molecular weight excluding hydrogens is 166 g/mol. The fourth-order valence-corrected chi connectivity index (χ4v) is 1.39. The van der Waals surface area contributed by atoms with Crippen LogP contribution < -0.4 is 11.1 Å².